The Morgan fingerprint density at radius 2 is 1.75 bits per heavy atom. The topological polar surface area (TPSA) is 74.6 Å². The molecule has 0 fully saturated rings. The van der Waals surface area contributed by atoms with Crippen LogP contribution in [-0.2, 0) is 9.59 Å². The molecule has 0 saturated carbocycles. The molecule has 116 valence electrons. The van der Waals surface area contributed by atoms with Gasteiger partial charge in [-0.3, -0.25) is 0 Å². The van der Waals surface area contributed by atoms with Crippen molar-refractivity contribution in [3.8, 4) is 0 Å². The van der Waals surface area contributed by atoms with Crippen LogP contribution in [0, 0.1) is 17.8 Å². The molecule has 2 N–H and O–H groups in total. The Morgan fingerprint density at radius 1 is 1.15 bits per heavy atom. The molecule has 2 atom stereocenters. The van der Waals surface area contributed by atoms with Gasteiger partial charge in [0.25, 0.3) is 0 Å². The lowest BCUT2D eigenvalue weighted by atomic mass is 9.78. The maximum Gasteiger partial charge on any atom is 0.332 e. The van der Waals surface area contributed by atoms with Gasteiger partial charge in [-0.05, 0) is 24.2 Å². The predicted octanol–water partition coefficient (Wildman–Crippen LogP) is 3.96. The Morgan fingerprint density at radius 3 is 2.10 bits per heavy atom. The van der Waals surface area contributed by atoms with Gasteiger partial charge in [0.2, 0.25) is 0 Å². The van der Waals surface area contributed by atoms with Gasteiger partial charge in [0, 0.05) is 11.6 Å². The Bertz CT molecular complexity index is 344. The molecule has 0 aliphatic rings. The van der Waals surface area contributed by atoms with Crippen LogP contribution < -0.4 is 0 Å². The number of carboxylic acid groups (broad SMARTS) is 2. The molecule has 0 bridgehead atoms. The zero-order valence-corrected chi connectivity index (χ0v) is 13.1. The molecule has 0 amide bonds. The van der Waals surface area contributed by atoms with Gasteiger partial charge in [-0.2, -0.15) is 0 Å². The quantitative estimate of drug-likeness (QED) is 0.595. The van der Waals surface area contributed by atoms with Crippen LogP contribution in [0.15, 0.2) is 11.6 Å². The normalized spacial score (nSPS) is 15.2. The third-order valence-corrected chi connectivity index (χ3v) is 3.86. The molecule has 0 aliphatic carbocycles. The van der Waals surface area contributed by atoms with Gasteiger partial charge in [-0.1, -0.05) is 53.4 Å². The van der Waals surface area contributed by atoms with E-state index in [1.165, 1.54) is 0 Å². The highest BCUT2D eigenvalue weighted by atomic mass is 16.4. The summed E-state index contributed by atoms with van der Waals surface area (Å²) in [5.74, 6) is -1.93. The highest BCUT2D eigenvalue weighted by molar-refractivity contribution is 5.95. The van der Waals surface area contributed by atoms with E-state index in [9.17, 15) is 14.7 Å². The van der Waals surface area contributed by atoms with Crippen molar-refractivity contribution in [3.05, 3.63) is 11.6 Å². The maximum absolute atomic E-state index is 11.3. The van der Waals surface area contributed by atoms with E-state index in [1.54, 1.807) is 0 Å². The average molecular weight is 284 g/mol. The lowest BCUT2D eigenvalue weighted by Gasteiger charge is -2.26. The van der Waals surface area contributed by atoms with Crippen molar-refractivity contribution in [2.75, 3.05) is 0 Å². The van der Waals surface area contributed by atoms with Gasteiger partial charge in [-0.25, -0.2) is 9.59 Å². The molecule has 0 rings (SSSR count). The Labute approximate surface area is 121 Å². The molecule has 4 heteroatoms. The van der Waals surface area contributed by atoms with Crippen molar-refractivity contribution < 1.29 is 19.8 Å². The fourth-order valence-corrected chi connectivity index (χ4v) is 2.56. The van der Waals surface area contributed by atoms with E-state index < -0.39 is 11.9 Å². The SMILES string of the molecule is CCCCC(CC)CC(C(=CC(=O)O)C(=O)O)C(C)C. The molecule has 0 aromatic heterocycles. The van der Waals surface area contributed by atoms with E-state index in [-0.39, 0.29) is 17.4 Å². The van der Waals surface area contributed by atoms with Crippen molar-refractivity contribution >= 4 is 11.9 Å². The summed E-state index contributed by atoms with van der Waals surface area (Å²) in [6.07, 6.45) is 5.95. The summed E-state index contributed by atoms with van der Waals surface area (Å²) in [7, 11) is 0. The summed E-state index contributed by atoms with van der Waals surface area (Å²) in [4.78, 5) is 22.2. The summed E-state index contributed by atoms with van der Waals surface area (Å²) < 4.78 is 0. The van der Waals surface area contributed by atoms with E-state index in [4.69, 9.17) is 5.11 Å². The van der Waals surface area contributed by atoms with Crippen LogP contribution in [0.5, 0.6) is 0 Å². The van der Waals surface area contributed by atoms with Crippen LogP contribution in [0.3, 0.4) is 0 Å². The van der Waals surface area contributed by atoms with Gasteiger partial charge in [-0.15, -0.1) is 0 Å². The van der Waals surface area contributed by atoms with Crippen molar-refractivity contribution in [3.63, 3.8) is 0 Å². The molecule has 0 spiro atoms. The average Bonchev–Trinajstić information content (AvgIpc) is 2.36. The van der Waals surface area contributed by atoms with Gasteiger partial charge in [0.15, 0.2) is 0 Å². The lowest BCUT2D eigenvalue weighted by molar-refractivity contribution is -0.135. The first-order chi connectivity index (χ1) is 9.33. The van der Waals surface area contributed by atoms with Crippen LogP contribution in [0.1, 0.15) is 59.8 Å². The highest BCUT2D eigenvalue weighted by Gasteiger charge is 2.27. The first-order valence-corrected chi connectivity index (χ1v) is 7.51. The first kappa shape index (κ1) is 18.7. The van der Waals surface area contributed by atoms with Crippen LogP contribution in [0.25, 0.3) is 0 Å². The fourth-order valence-electron chi connectivity index (χ4n) is 2.56. The molecule has 2 unspecified atom stereocenters. The predicted molar refractivity (Wildman–Crippen MR) is 79.6 cm³/mol. The summed E-state index contributed by atoms with van der Waals surface area (Å²) >= 11 is 0. The fraction of sp³-hybridized carbons (Fsp3) is 0.750. The second kappa shape index (κ2) is 9.56. The van der Waals surface area contributed by atoms with Crippen LogP contribution >= 0.6 is 0 Å². The molecular formula is C16H28O4. The second-order valence-electron chi connectivity index (χ2n) is 5.75. The third-order valence-electron chi connectivity index (χ3n) is 3.86. The number of carboxylic acids is 2. The number of aliphatic carboxylic acids is 2. The summed E-state index contributed by atoms with van der Waals surface area (Å²) in [6, 6.07) is 0. The number of unbranched alkanes of at least 4 members (excludes halogenated alkanes) is 1. The molecule has 20 heavy (non-hydrogen) atoms. The Hall–Kier alpha value is -1.32. The summed E-state index contributed by atoms with van der Waals surface area (Å²) in [5, 5.41) is 18.1. The zero-order chi connectivity index (χ0) is 15.7. The van der Waals surface area contributed by atoms with E-state index in [1.807, 2.05) is 13.8 Å². The Balaban J connectivity index is 5.10. The van der Waals surface area contributed by atoms with Gasteiger partial charge >= 0.3 is 11.9 Å². The standard InChI is InChI=1S/C16H28O4/c1-5-7-8-12(6-2)9-13(11(3)4)14(16(19)20)10-15(17)18/h10-13H,5-9H2,1-4H3,(H,17,18)(H,19,20). The molecule has 0 aromatic rings. The van der Waals surface area contributed by atoms with Crippen LogP contribution in [0.2, 0.25) is 0 Å². The number of carbonyl (C=O) groups is 2. The second-order valence-corrected chi connectivity index (χ2v) is 5.75. The highest BCUT2D eigenvalue weighted by Crippen LogP contribution is 2.31. The summed E-state index contributed by atoms with van der Waals surface area (Å²) in [6.45, 7) is 8.16. The van der Waals surface area contributed by atoms with Crippen molar-refractivity contribution in [2.24, 2.45) is 17.8 Å². The van der Waals surface area contributed by atoms with E-state index in [2.05, 4.69) is 13.8 Å². The number of rotatable bonds is 10. The monoisotopic (exact) mass is 284 g/mol. The molecule has 0 saturated heterocycles. The van der Waals surface area contributed by atoms with Crippen molar-refractivity contribution in [1.82, 2.24) is 0 Å². The molecule has 4 nitrogen and oxygen atoms in total. The molecule has 0 radical (unpaired) electrons. The van der Waals surface area contributed by atoms with E-state index in [0.29, 0.717) is 5.92 Å². The van der Waals surface area contributed by atoms with E-state index in [0.717, 1.165) is 38.2 Å². The van der Waals surface area contributed by atoms with Gasteiger partial charge in [0.1, 0.15) is 0 Å². The lowest BCUT2D eigenvalue weighted by Crippen LogP contribution is -2.22. The van der Waals surface area contributed by atoms with Crippen molar-refractivity contribution in [1.29, 1.82) is 0 Å². The van der Waals surface area contributed by atoms with Gasteiger partial charge < -0.3 is 10.2 Å². The van der Waals surface area contributed by atoms with E-state index >= 15 is 0 Å². The molecule has 0 aliphatic heterocycles. The molecule has 0 heterocycles. The minimum atomic E-state index is -1.19. The number of hydrogen-bond acceptors (Lipinski definition) is 2. The first-order valence-electron chi connectivity index (χ1n) is 7.51. The largest absolute Gasteiger partial charge is 0.478 e. The maximum atomic E-state index is 11.3. The minimum absolute atomic E-state index is 0.0300. The van der Waals surface area contributed by atoms with Gasteiger partial charge in [0.05, 0.1) is 0 Å². The van der Waals surface area contributed by atoms with Crippen LogP contribution in [-0.4, -0.2) is 22.2 Å². The minimum Gasteiger partial charge on any atom is -0.478 e. The number of hydrogen-bond donors (Lipinski definition) is 2. The Kier molecular flexibility index (Phi) is 8.93. The molecule has 0 aromatic carbocycles. The van der Waals surface area contributed by atoms with Crippen molar-refractivity contribution in [2.45, 2.75) is 59.8 Å². The summed E-state index contributed by atoms with van der Waals surface area (Å²) in [5.41, 5.74) is 0.0300. The zero-order valence-electron chi connectivity index (χ0n) is 13.1. The molecular weight excluding hydrogens is 256 g/mol. The smallest absolute Gasteiger partial charge is 0.332 e. The third kappa shape index (κ3) is 6.73. The van der Waals surface area contributed by atoms with Crippen LogP contribution in [0.4, 0.5) is 0 Å².